The summed E-state index contributed by atoms with van der Waals surface area (Å²) < 4.78 is 40.4. The van der Waals surface area contributed by atoms with E-state index in [9.17, 15) is 18.4 Å². The molecule has 0 spiro atoms. The molecule has 1 aromatic rings. The van der Waals surface area contributed by atoms with Crippen molar-refractivity contribution in [3.8, 4) is 5.75 Å². The molecule has 0 aliphatic carbocycles. The molecule has 1 rings (SSSR count). The van der Waals surface area contributed by atoms with Crippen LogP contribution in [0.2, 0.25) is 0 Å². The van der Waals surface area contributed by atoms with Crippen LogP contribution in [0.1, 0.15) is 20.8 Å². The van der Waals surface area contributed by atoms with Crippen molar-refractivity contribution in [3.63, 3.8) is 0 Å². The van der Waals surface area contributed by atoms with Crippen LogP contribution in [0.25, 0.3) is 0 Å². The van der Waals surface area contributed by atoms with Crippen molar-refractivity contribution in [1.82, 2.24) is 10.6 Å². The normalized spacial score (nSPS) is 13.3. The number of alkyl halides is 3. The SMILES string of the molecule is CC/N=C(NN(O)CC)\C(C=N)=C(/C)Nc1ccc(OC(F)(F)F)cc1. The number of anilines is 1. The van der Waals surface area contributed by atoms with Crippen molar-refractivity contribution in [2.24, 2.45) is 4.99 Å². The molecular formula is C16H22F3N5O2. The predicted octanol–water partition coefficient (Wildman–Crippen LogP) is 3.55. The number of allylic oxidation sites excluding steroid dienone is 1. The van der Waals surface area contributed by atoms with Crippen molar-refractivity contribution in [2.45, 2.75) is 27.1 Å². The summed E-state index contributed by atoms with van der Waals surface area (Å²) in [5.41, 5.74) is 4.07. The first-order valence-corrected chi connectivity index (χ1v) is 7.82. The molecule has 10 heteroatoms. The summed E-state index contributed by atoms with van der Waals surface area (Å²) in [6.07, 6.45) is -3.68. The van der Waals surface area contributed by atoms with Gasteiger partial charge in [-0.05, 0) is 45.0 Å². The van der Waals surface area contributed by atoms with Crippen molar-refractivity contribution < 1.29 is 23.1 Å². The van der Waals surface area contributed by atoms with Gasteiger partial charge >= 0.3 is 6.36 Å². The zero-order valence-corrected chi connectivity index (χ0v) is 14.7. The second-order valence-corrected chi connectivity index (χ2v) is 5.03. The molecule has 0 aliphatic heterocycles. The average molecular weight is 373 g/mol. The summed E-state index contributed by atoms with van der Waals surface area (Å²) in [6.45, 7) is 5.93. The summed E-state index contributed by atoms with van der Waals surface area (Å²) in [6, 6.07) is 5.19. The number of aliphatic imine (C=N–C) groups is 1. The van der Waals surface area contributed by atoms with E-state index in [-0.39, 0.29) is 11.6 Å². The molecular weight excluding hydrogens is 351 g/mol. The van der Waals surface area contributed by atoms with Crippen LogP contribution in [-0.4, -0.2) is 41.9 Å². The minimum Gasteiger partial charge on any atom is -0.406 e. The Balaban J connectivity index is 3.00. The second kappa shape index (κ2) is 9.78. The molecule has 0 heterocycles. The van der Waals surface area contributed by atoms with Gasteiger partial charge in [-0.2, -0.15) is 0 Å². The number of benzene rings is 1. The summed E-state index contributed by atoms with van der Waals surface area (Å²) in [5.74, 6) is -0.0420. The Morgan fingerprint density at radius 1 is 1.31 bits per heavy atom. The van der Waals surface area contributed by atoms with Crippen LogP contribution in [0.3, 0.4) is 0 Å². The first-order chi connectivity index (χ1) is 12.2. The molecule has 7 nitrogen and oxygen atoms in total. The molecule has 0 amide bonds. The minimum absolute atomic E-state index is 0.286. The highest BCUT2D eigenvalue weighted by Gasteiger charge is 2.30. The molecule has 0 radical (unpaired) electrons. The van der Waals surface area contributed by atoms with Crippen LogP contribution in [0.15, 0.2) is 40.5 Å². The standard InChI is InChI=1S/C16H22F3N5O2/c1-4-21-15(23-24(25)5-2)14(10-20)11(3)22-12-6-8-13(9-7-12)26-16(17,18)19/h6-10,20,22,25H,4-5H2,1-3H3,(H,21,23)/b14-11+,20-10?. The minimum atomic E-state index is -4.75. The van der Waals surface area contributed by atoms with Crippen LogP contribution in [0.4, 0.5) is 18.9 Å². The molecule has 0 bridgehead atoms. The fourth-order valence-electron chi connectivity index (χ4n) is 1.92. The highest BCUT2D eigenvalue weighted by molar-refractivity contribution is 6.15. The molecule has 0 saturated heterocycles. The Labute approximate surface area is 149 Å². The van der Waals surface area contributed by atoms with Gasteiger partial charge in [-0.25, -0.2) is 0 Å². The van der Waals surface area contributed by atoms with E-state index in [1.54, 1.807) is 20.8 Å². The molecule has 4 N–H and O–H groups in total. The quantitative estimate of drug-likeness (QED) is 0.318. The molecule has 0 fully saturated rings. The number of nitrogens with one attached hydrogen (secondary N) is 3. The molecule has 0 aromatic heterocycles. The molecule has 1 aromatic carbocycles. The summed E-state index contributed by atoms with van der Waals surface area (Å²) in [7, 11) is 0. The van der Waals surface area contributed by atoms with Crippen molar-refractivity contribution in [3.05, 3.63) is 35.5 Å². The molecule has 0 saturated carbocycles. The van der Waals surface area contributed by atoms with Gasteiger partial charge in [0.25, 0.3) is 0 Å². The van der Waals surface area contributed by atoms with E-state index in [0.717, 1.165) is 11.4 Å². The van der Waals surface area contributed by atoms with Crippen molar-refractivity contribution >= 4 is 17.7 Å². The monoisotopic (exact) mass is 373 g/mol. The largest absolute Gasteiger partial charge is 0.573 e. The highest BCUT2D eigenvalue weighted by atomic mass is 19.4. The maximum absolute atomic E-state index is 12.2. The van der Waals surface area contributed by atoms with E-state index >= 15 is 0 Å². The van der Waals surface area contributed by atoms with Gasteiger partial charge in [0.15, 0.2) is 0 Å². The number of hydrogen-bond acceptors (Lipinski definition) is 6. The lowest BCUT2D eigenvalue weighted by Crippen LogP contribution is -2.41. The van der Waals surface area contributed by atoms with Crippen LogP contribution in [0, 0.1) is 5.41 Å². The molecule has 0 aliphatic rings. The Morgan fingerprint density at radius 3 is 2.38 bits per heavy atom. The number of rotatable bonds is 8. The smallest absolute Gasteiger partial charge is 0.406 e. The third kappa shape index (κ3) is 7.11. The van der Waals surface area contributed by atoms with Gasteiger partial charge in [-0.3, -0.25) is 15.6 Å². The van der Waals surface area contributed by atoms with Gasteiger partial charge < -0.3 is 15.5 Å². The number of amidine groups is 1. The third-order valence-electron chi connectivity index (χ3n) is 3.07. The van der Waals surface area contributed by atoms with Crippen LogP contribution in [-0.2, 0) is 0 Å². The van der Waals surface area contributed by atoms with Gasteiger partial charge in [-0.15, -0.1) is 18.3 Å². The Hall–Kier alpha value is -2.59. The van der Waals surface area contributed by atoms with Gasteiger partial charge in [0.05, 0.1) is 5.57 Å². The number of halogens is 3. The summed E-state index contributed by atoms with van der Waals surface area (Å²) in [4.78, 5) is 4.21. The molecule has 26 heavy (non-hydrogen) atoms. The number of hydrogen-bond donors (Lipinski definition) is 4. The maximum Gasteiger partial charge on any atom is 0.573 e. The average Bonchev–Trinajstić information content (AvgIpc) is 2.56. The maximum atomic E-state index is 12.2. The van der Waals surface area contributed by atoms with E-state index in [1.807, 2.05) is 0 Å². The number of hydroxylamine groups is 1. The van der Waals surface area contributed by atoms with E-state index in [1.165, 1.54) is 24.3 Å². The fraction of sp³-hybridized carbons (Fsp3) is 0.375. The van der Waals surface area contributed by atoms with Gasteiger partial charge in [0.2, 0.25) is 0 Å². The first-order valence-electron chi connectivity index (χ1n) is 7.82. The van der Waals surface area contributed by atoms with E-state index < -0.39 is 6.36 Å². The van der Waals surface area contributed by atoms with E-state index in [0.29, 0.717) is 30.0 Å². The third-order valence-corrected chi connectivity index (χ3v) is 3.07. The Bertz CT molecular complexity index is 657. The van der Waals surface area contributed by atoms with E-state index in [2.05, 4.69) is 20.5 Å². The van der Waals surface area contributed by atoms with Crippen LogP contribution in [0.5, 0.6) is 5.75 Å². The Kier molecular flexibility index (Phi) is 8.07. The lowest BCUT2D eigenvalue weighted by atomic mass is 10.2. The molecule has 0 unspecified atom stereocenters. The fourth-order valence-corrected chi connectivity index (χ4v) is 1.92. The lowest BCUT2D eigenvalue weighted by Gasteiger charge is -2.19. The molecule has 0 atom stereocenters. The zero-order valence-electron chi connectivity index (χ0n) is 14.7. The van der Waals surface area contributed by atoms with Crippen LogP contribution >= 0.6 is 0 Å². The lowest BCUT2D eigenvalue weighted by molar-refractivity contribution is -0.274. The number of nitrogens with zero attached hydrogens (tertiary/aromatic N) is 2. The summed E-state index contributed by atoms with van der Waals surface area (Å²) in [5, 5.41) is 21.0. The Morgan fingerprint density at radius 2 is 1.92 bits per heavy atom. The first kappa shape index (κ1) is 21.5. The summed E-state index contributed by atoms with van der Waals surface area (Å²) >= 11 is 0. The van der Waals surface area contributed by atoms with Crippen molar-refractivity contribution in [2.75, 3.05) is 18.4 Å². The number of ether oxygens (including phenoxy) is 1. The highest BCUT2D eigenvalue weighted by Crippen LogP contribution is 2.24. The van der Waals surface area contributed by atoms with Crippen molar-refractivity contribution in [1.29, 1.82) is 5.41 Å². The topological polar surface area (TPSA) is 93.0 Å². The zero-order chi connectivity index (χ0) is 19.7. The van der Waals surface area contributed by atoms with Gasteiger partial charge in [0, 0.05) is 30.7 Å². The van der Waals surface area contributed by atoms with Gasteiger partial charge in [0.1, 0.15) is 11.6 Å². The van der Waals surface area contributed by atoms with E-state index in [4.69, 9.17) is 5.41 Å². The second-order valence-electron chi connectivity index (χ2n) is 5.03. The van der Waals surface area contributed by atoms with Crippen LogP contribution < -0.4 is 15.5 Å². The van der Waals surface area contributed by atoms with Gasteiger partial charge in [-0.1, -0.05) is 0 Å². The predicted molar refractivity (Wildman–Crippen MR) is 93.5 cm³/mol. The molecule has 144 valence electrons. The number of hydrazine groups is 1.